The quantitative estimate of drug-likeness (QED) is 0.775. The number of rotatable bonds is 2. The summed E-state index contributed by atoms with van der Waals surface area (Å²) in [4.78, 5) is 0. The number of hydrogen-bond donors (Lipinski definition) is 1. The van der Waals surface area contributed by atoms with Gasteiger partial charge in [0.2, 0.25) is 0 Å². The standard InChI is InChI=1S/C11H23N3O2S/c1-10-3-6-13(7-4-10)17(15,16)14-8-5-12-9-11(14)2/h10-12H,3-9H2,1-2H3/t11-/m1/s1. The molecule has 2 aliphatic rings. The third-order valence-electron chi connectivity index (χ3n) is 3.81. The van der Waals surface area contributed by atoms with Gasteiger partial charge < -0.3 is 5.32 Å². The first-order valence-corrected chi connectivity index (χ1v) is 7.89. The van der Waals surface area contributed by atoms with E-state index in [0.29, 0.717) is 25.6 Å². The molecule has 17 heavy (non-hydrogen) atoms. The summed E-state index contributed by atoms with van der Waals surface area (Å²) in [6.07, 6.45) is 1.97. The average Bonchev–Trinajstić information content (AvgIpc) is 2.30. The molecule has 2 saturated heterocycles. The number of nitrogens with one attached hydrogen (secondary N) is 1. The van der Waals surface area contributed by atoms with Crippen LogP contribution in [-0.2, 0) is 10.2 Å². The molecule has 0 aromatic carbocycles. The van der Waals surface area contributed by atoms with Crippen molar-refractivity contribution in [1.29, 1.82) is 0 Å². The zero-order valence-electron chi connectivity index (χ0n) is 10.7. The van der Waals surface area contributed by atoms with E-state index in [1.807, 2.05) is 6.92 Å². The number of piperazine rings is 1. The predicted molar refractivity (Wildman–Crippen MR) is 67.9 cm³/mol. The minimum atomic E-state index is -3.23. The molecule has 2 rings (SSSR count). The van der Waals surface area contributed by atoms with Crippen molar-refractivity contribution in [2.75, 3.05) is 32.7 Å². The third-order valence-corrected chi connectivity index (χ3v) is 5.96. The Labute approximate surface area is 104 Å². The molecular weight excluding hydrogens is 238 g/mol. The maximum Gasteiger partial charge on any atom is 0.282 e. The molecule has 0 radical (unpaired) electrons. The predicted octanol–water partition coefficient (Wildman–Crippen LogP) is 0.257. The molecular formula is C11H23N3O2S. The SMILES string of the molecule is CC1CCN(S(=O)(=O)N2CCNC[C@H]2C)CC1. The first kappa shape index (κ1) is 13.3. The molecule has 5 nitrogen and oxygen atoms in total. The lowest BCUT2D eigenvalue weighted by molar-refractivity contribution is 0.230. The van der Waals surface area contributed by atoms with Crippen molar-refractivity contribution in [3.05, 3.63) is 0 Å². The van der Waals surface area contributed by atoms with Crippen molar-refractivity contribution in [3.8, 4) is 0 Å². The van der Waals surface area contributed by atoms with Gasteiger partial charge in [0.15, 0.2) is 0 Å². The second kappa shape index (κ2) is 5.22. The van der Waals surface area contributed by atoms with Crippen LogP contribution < -0.4 is 5.32 Å². The smallest absolute Gasteiger partial charge is 0.282 e. The van der Waals surface area contributed by atoms with Crippen molar-refractivity contribution in [2.24, 2.45) is 5.92 Å². The topological polar surface area (TPSA) is 52.7 Å². The van der Waals surface area contributed by atoms with Crippen molar-refractivity contribution in [3.63, 3.8) is 0 Å². The lowest BCUT2D eigenvalue weighted by Crippen LogP contribution is -2.57. The molecule has 0 aromatic heterocycles. The van der Waals surface area contributed by atoms with Gasteiger partial charge in [-0.05, 0) is 25.7 Å². The Morgan fingerprint density at radius 3 is 2.35 bits per heavy atom. The Bertz CT molecular complexity index is 350. The highest BCUT2D eigenvalue weighted by molar-refractivity contribution is 7.86. The van der Waals surface area contributed by atoms with Crippen molar-refractivity contribution < 1.29 is 8.42 Å². The van der Waals surface area contributed by atoms with Gasteiger partial charge in [0, 0.05) is 38.8 Å². The fourth-order valence-electron chi connectivity index (χ4n) is 2.53. The van der Waals surface area contributed by atoms with Gasteiger partial charge in [-0.1, -0.05) is 6.92 Å². The van der Waals surface area contributed by atoms with Gasteiger partial charge in [0.05, 0.1) is 0 Å². The second-order valence-corrected chi connectivity index (χ2v) is 7.13. The lowest BCUT2D eigenvalue weighted by atomic mass is 10.0. The van der Waals surface area contributed by atoms with Crippen LogP contribution in [0, 0.1) is 5.92 Å². The van der Waals surface area contributed by atoms with Gasteiger partial charge in [-0.15, -0.1) is 0 Å². The fourth-order valence-corrected chi connectivity index (χ4v) is 4.35. The highest BCUT2D eigenvalue weighted by atomic mass is 32.2. The van der Waals surface area contributed by atoms with Gasteiger partial charge >= 0.3 is 0 Å². The molecule has 2 aliphatic heterocycles. The van der Waals surface area contributed by atoms with Crippen LogP contribution in [0.15, 0.2) is 0 Å². The van der Waals surface area contributed by atoms with Gasteiger partial charge in [0.1, 0.15) is 0 Å². The minimum absolute atomic E-state index is 0.0631. The van der Waals surface area contributed by atoms with E-state index in [2.05, 4.69) is 12.2 Å². The van der Waals surface area contributed by atoms with E-state index in [1.54, 1.807) is 8.61 Å². The molecule has 0 aliphatic carbocycles. The van der Waals surface area contributed by atoms with Crippen molar-refractivity contribution in [1.82, 2.24) is 13.9 Å². The van der Waals surface area contributed by atoms with Crippen LogP contribution >= 0.6 is 0 Å². The van der Waals surface area contributed by atoms with Crippen LogP contribution in [0.25, 0.3) is 0 Å². The number of piperidine rings is 1. The first-order valence-electron chi connectivity index (χ1n) is 6.49. The summed E-state index contributed by atoms with van der Waals surface area (Å²) >= 11 is 0. The number of nitrogens with zero attached hydrogens (tertiary/aromatic N) is 2. The van der Waals surface area contributed by atoms with E-state index in [-0.39, 0.29) is 6.04 Å². The molecule has 6 heteroatoms. The Morgan fingerprint density at radius 1 is 1.12 bits per heavy atom. The summed E-state index contributed by atoms with van der Waals surface area (Å²) in [6.45, 7) is 7.63. The van der Waals surface area contributed by atoms with Crippen LogP contribution in [0.2, 0.25) is 0 Å². The molecule has 2 heterocycles. The molecule has 0 amide bonds. The molecule has 0 spiro atoms. The van der Waals surface area contributed by atoms with Crippen LogP contribution in [-0.4, -0.2) is 55.8 Å². The Morgan fingerprint density at radius 2 is 1.76 bits per heavy atom. The second-order valence-electron chi connectivity index (χ2n) is 5.25. The normalized spacial score (nSPS) is 30.6. The van der Waals surface area contributed by atoms with Crippen molar-refractivity contribution >= 4 is 10.2 Å². The average molecular weight is 261 g/mol. The van der Waals surface area contributed by atoms with E-state index in [4.69, 9.17) is 0 Å². The molecule has 0 saturated carbocycles. The fraction of sp³-hybridized carbons (Fsp3) is 1.00. The van der Waals surface area contributed by atoms with E-state index in [0.717, 1.165) is 25.9 Å². The van der Waals surface area contributed by atoms with Gasteiger partial charge in [0.25, 0.3) is 10.2 Å². The Kier molecular flexibility index (Phi) is 4.07. The van der Waals surface area contributed by atoms with E-state index >= 15 is 0 Å². The summed E-state index contributed by atoms with van der Waals surface area (Å²) in [5.74, 6) is 0.655. The maximum atomic E-state index is 12.5. The summed E-state index contributed by atoms with van der Waals surface area (Å²) in [6, 6.07) is 0.0631. The molecule has 1 atom stereocenters. The minimum Gasteiger partial charge on any atom is -0.314 e. The largest absolute Gasteiger partial charge is 0.314 e. The van der Waals surface area contributed by atoms with Gasteiger partial charge in [-0.2, -0.15) is 17.0 Å². The van der Waals surface area contributed by atoms with Gasteiger partial charge in [-0.25, -0.2) is 0 Å². The van der Waals surface area contributed by atoms with Crippen molar-refractivity contribution in [2.45, 2.75) is 32.7 Å². The Balaban J connectivity index is 2.07. The first-order chi connectivity index (χ1) is 8.01. The zero-order valence-corrected chi connectivity index (χ0v) is 11.5. The van der Waals surface area contributed by atoms with E-state index < -0.39 is 10.2 Å². The van der Waals surface area contributed by atoms with Crippen LogP contribution in [0.4, 0.5) is 0 Å². The van der Waals surface area contributed by atoms with E-state index in [9.17, 15) is 8.42 Å². The van der Waals surface area contributed by atoms with Crippen LogP contribution in [0.3, 0.4) is 0 Å². The molecule has 2 fully saturated rings. The molecule has 0 bridgehead atoms. The zero-order chi connectivity index (χ0) is 12.5. The molecule has 0 aromatic rings. The van der Waals surface area contributed by atoms with Crippen LogP contribution in [0.5, 0.6) is 0 Å². The molecule has 1 N–H and O–H groups in total. The highest BCUT2D eigenvalue weighted by Crippen LogP contribution is 2.22. The van der Waals surface area contributed by atoms with E-state index in [1.165, 1.54) is 0 Å². The van der Waals surface area contributed by atoms with Gasteiger partial charge in [-0.3, -0.25) is 0 Å². The summed E-state index contributed by atoms with van der Waals surface area (Å²) in [5, 5.41) is 3.22. The molecule has 100 valence electrons. The summed E-state index contributed by atoms with van der Waals surface area (Å²) in [5.41, 5.74) is 0. The van der Waals surface area contributed by atoms with Crippen LogP contribution in [0.1, 0.15) is 26.7 Å². The number of hydrogen-bond acceptors (Lipinski definition) is 3. The lowest BCUT2D eigenvalue weighted by Gasteiger charge is -2.38. The Hall–Kier alpha value is -0.170. The molecule has 0 unspecified atom stereocenters. The maximum absolute atomic E-state index is 12.5. The monoisotopic (exact) mass is 261 g/mol. The summed E-state index contributed by atoms with van der Waals surface area (Å²) < 4.78 is 28.3. The summed E-state index contributed by atoms with van der Waals surface area (Å²) in [7, 11) is -3.23. The third kappa shape index (κ3) is 2.81. The highest BCUT2D eigenvalue weighted by Gasteiger charge is 2.35.